The third-order valence-corrected chi connectivity index (χ3v) is 11.8. The van der Waals surface area contributed by atoms with Gasteiger partial charge < -0.3 is 21.8 Å². The number of quaternary nitrogens is 1. The molecule has 3 aliphatic heterocycles. The van der Waals surface area contributed by atoms with Crippen molar-refractivity contribution in [2.45, 2.75) is 82.5 Å². The lowest BCUT2D eigenvalue weighted by Gasteiger charge is -2.58. The van der Waals surface area contributed by atoms with Crippen LogP contribution in [-0.2, 0) is 23.6 Å². The fourth-order valence-corrected chi connectivity index (χ4v) is 8.48. The molecule has 46 heavy (non-hydrogen) atoms. The minimum absolute atomic E-state index is 0. The van der Waals surface area contributed by atoms with Gasteiger partial charge in [-0.1, -0.05) is 48.5 Å². The highest BCUT2D eigenvalue weighted by Crippen LogP contribution is 2.53. The molecule has 4 aliphatic rings. The number of nitrogens with zero attached hydrogens (tertiary/aromatic N) is 2. The van der Waals surface area contributed by atoms with E-state index in [9.17, 15) is 31.1 Å². The van der Waals surface area contributed by atoms with Crippen LogP contribution in [0.5, 0.6) is 0 Å². The van der Waals surface area contributed by atoms with E-state index in [0.717, 1.165) is 48.6 Å². The molecule has 12 heteroatoms. The van der Waals surface area contributed by atoms with Crippen LogP contribution in [0.2, 0.25) is 10.0 Å². The number of rotatable bonds is 9. The first-order chi connectivity index (χ1) is 21.1. The molecule has 0 N–H and O–H groups in total. The molecule has 0 unspecified atom stereocenters. The number of piperidine rings is 3. The summed E-state index contributed by atoms with van der Waals surface area (Å²) in [4.78, 5) is 14.7. The fraction of sp³-hybridized carbons (Fsp3) is 0.618. The first-order valence-electron chi connectivity index (χ1n) is 15.9. The summed E-state index contributed by atoms with van der Waals surface area (Å²) in [5, 5.41) is 0.790. The summed E-state index contributed by atoms with van der Waals surface area (Å²) < 4.78 is 81.4. The van der Waals surface area contributed by atoms with Gasteiger partial charge in [-0.25, -0.2) is 0 Å². The lowest BCUT2D eigenvalue weighted by Crippen LogP contribution is -3.00. The summed E-state index contributed by atoms with van der Waals surface area (Å²) in [6, 6.07) is 6.69. The molecule has 6 rings (SSSR count). The van der Waals surface area contributed by atoms with Gasteiger partial charge in [0.15, 0.2) is 0 Å². The zero-order valence-electron chi connectivity index (χ0n) is 25.9. The summed E-state index contributed by atoms with van der Waals surface area (Å²) >= 11 is 12.6. The molecule has 1 amide bonds. The van der Waals surface area contributed by atoms with Gasteiger partial charge in [-0.15, -0.1) is 0 Å². The van der Waals surface area contributed by atoms with Crippen molar-refractivity contribution < 1.29 is 48.0 Å². The van der Waals surface area contributed by atoms with Gasteiger partial charge in [0.25, 0.3) is 0 Å². The molecule has 1 saturated carbocycles. The highest BCUT2D eigenvalue weighted by atomic mass is 35.5. The maximum atomic E-state index is 13.4. The summed E-state index contributed by atoms with van der Waals surface area (Å²) in [6.45, 7) is 4.62. The van der Waals surface area contributed by atoms with Crippen LogP contribution in [0.4, 0.5) is 26.3 Å². The smallest absolute Gasteiger partial charge is 0.416 e. The highest BCUT2D eigenvalue weighted by molar-refractivity contribution is 6.42. The predicted molar refractivity (Wildman–Crippen MR) is 164 cm³/mol. The third kappa shape index (κ3) is 8.48. The topological polar surface area (TPSA) is 20.3 Å². The number of carbonyl (C=O) groups is 1. The van der Waals surface area contributed by atoms with Gasteiger partial charge in [-0.05, 0) is 65.6 Å². The predicted octanol–water partition coefficient (Wildman–Crippen LogP) is 6.79. The molecule has 2 bridgehead atoms. The van der Waals surface area contributed by atoms with Gasteiger partial charge >= 0.3 is 12.4 Å². The lowest BCUT2D eigenvalue weighted by molar-refractivity contribution is -0.946. The number of halogens is 9. The zero-order valence-corrected chi connectivity index (χ0v) is 28.2. The molecule has 3 saturated heterocycles. The van der Waals surface area contributed by atoms with Crippen molar-refractivity contribution in [2.75, 3.05) is 39.8 Å². The minimum atomic E-state index is -4.98. The van der Waals surface area contributed by atoms with Crippen molar-refractivity contribution in [3.05, 3.63) is 68.7 Å². The molecule has 1 atom stereocenters. The Bertz CT molecular complexity index is 1320. The largest absolute Gasteiger partial charge is 1.00 e. The third-order valence-electron chi connectivity index (χ3n) is 11.0. The van der Waals surface area contributed by atoms with E-state index in [4.69, 9.17) is 23.2 Å². The van der Waals surface area contributed by atoms with Crippen molar-refractivity contribution in [2.24, 2.45) is 11.3 Å². The Balaban J connectivity index is 0.00000480. The Hall–Kier alpha value is -1.68. The summed E-state index contributed by atoms with van der Waals surface area (Å²) in [5.74, 6) is 0.148. The van der Waals surface area contributed by atoms with Crippen LogP contribution < -0.4 is 12.4 Å². The van der Waals surface area contributed by atoms with E-state index >= 15 is 0 Å². The van der Waals surface area contributed by atoms with Crippen LogP contribution in [0.25, 0.3) is 0 Å². The van der Waals surface area contributed by atoms with E-state index in [2.05, 4.69) is 0 Å². The molecule has 256 valence electrons. The number of hydrogen-bond donors (Lipinski definition) is 0. The number of benzene rings is 2. The fourth-order valence-electron chi connectivity index (χ4n) is 8.18. The Morgan fingerprint density at radius 2 is 1.46 bits per heavy atom. The molecule has 1 aliphatic carbocycles. The van der Waals surface area contributed by atoms with E-state index < -0.39 is 35.8 Å². The van der Waals surface area contributed by atoms with Gasteiger partial charge in [-0.2, -0.15) is 26.3 Å². The van der Waals surface area contributed by atoms with E-state index in [1.807, 2.05) is 6.07 Å². The van der Waals surface area contributed by atoms with Crippen molar-refractivity contribution in [3.63, 3.8) is 0 Å². The molecule has 3 nitrogen and oxygen atoms in total. The Morgan fingerprint density at radius 3 is 1.98 bits per heavy atom. The molecule has 0 spiro atoms. The van der Waals surface area contributed by atoms with Crippen molar-refractivity contribution in [1.29, 1.82) is 0 Å². The van der Waals surface area contributed by atoms with Crippen molar-refractivity contribution >= 4 is 29.1 Å². The van der Waals surface area contributed by atoms with Gasteiger partial charge in [0.2, 0.25) is 5.91 Å². The van der Waals surface area contributed by atoms with Gasteiger partial charge in [-0.3, -0.25) is 4.79 Å². The number of amides is 1. The molecule has 2 aromatic rings. The van der Waals surface area contributed by atoms with E-state index in [1.54, 1.807) is 12.1 Å². The van der Waals surface area contributed by atoms with Crippen LogP contribution in [-0.4, -0.2) is 55.1 Å². The van der Waals surface area contributed by atoms with Crippen LogP contribution >= 0.6 is 23.2 Å². The number of alkyl halides is 6. The second-order valence-corrected chi connectivity index (χ2v) is 14.5. The van der Waals surface area contributed by atoms with Gasteiger partial charge in [0.1, 0.15) is 0 Å². The second-order valence-electron chi connectivity index (χ2n) is 13.7. The second kappa shape index (κ2) is 14.4. The van der Waals surface area contributed by atoms with Gasteiger partial charge in [0, 0.05) is 45.2 Å². The summed E-state index contributed by atoms with van der Waals surface area (Å²) in [5.41, 5.74) is -1.80. The Kier molecular flexibility index (Phi) is 11.7. The number of likely N-dealkylation sites (N-methyl/N-ethyl adjacent to an activating group) is 1. The quantitative estimate of drug-likeness (QED) is 0.207. The molecule has 0 radical (unpaired) electrons. The molecule has 2 aromatic carbocycles. The highest BCUT2D eigenvalue weighted by Gasteiger charge is 2.52. The minimum Gasteiger partial charge on any atom is -1.00 e. The summed E-state index contributed by atoms with van der Waals surface area (Å²) in [7, 11) is 1.54. The van der Waals surface area contributed by atoms with Crippen LogP contribution in [0.3, 0.4) is 0 Å². The standard InChI is InChI=1S/C34H41Cl2F6N2O.ClH/c1-43(31(45)19-23-17-27(33(37,38)39)21-28(18-23)34(40,41)42)22-25(24-7-8-29(35)30(36)20-24)9-13-44-14-10-32(11-15-44,12-16-44)26-5-3-2-4-6-26;/h7-8,17-18,20-21,25-26H,2-6,9-16,19,22H2,1H3;1H/q+1;/p-1/t25-,32?,44?;/m1./s1. The monoisotopic (exact) mass is 712 g/mol. The number of fused-ring (bicyclic) bond motifs is 3. The van der Waals surface area contributed by atoms with Crippen LogP contribution in [0.15, 0.2) is 36.4 Å². The van der Waals surface area contributed by atoms with E-state index in [-0.39, 0.29) is 36.5 Å². The normalized spacial score (nSPS) is 24.4. The first kappa shape index (κ1) is 37.1. The van der Waals surface area contributed by atoms with Crippen LogP contribution in [0, 0.1) is 11.3 Å². The maximum Gasteiger partial charge on any atom is 0.416 e. The molecule has 4 fully saturated rings. The summed E-state index contributed by atoms with van der Waals surface area (Å²) in [6.07, 6.45) is 0.756. The molecular formula is C34H41Cl3F6N2O. The van der Waals surface area contributed by atoms with E-state index in [1.165, 1.54) is 63.3 Å². The molecule has 0 aromatic heterocycles. The molecular weight excluding hydrogens is 673 g/mol. The maximum absolute atomic E-state index is 13.4. The number of hydrogen-bond acceptors (Lipinski definition) is 1. The first-order valence-corrected chi connectivity index (χ1v) is 16.7. The SMILES string of the molecule is CN(C[C@@H](CC[N+]12CCC(C3CCCCC3)(CC1)CC2)c1ccc(Cl)c(Cl)c1)C(=O)Cc1cc(C(F)(F)F)cc(C(F)(F)F)c1.[Cl-]. The average Bonchev–Trinajstić information content (AvgIpc) is 3.01. The van der Waals surface area contributed by atoms with E-state index in [0.29, 0.717) is 27.6 Å². The van der Waals surface area contributed by atoms with Crippen molar-refractivity contribution in [3.8, 4) is 0 Å². The van der Waals surface area contributed by atoms with Crippen LogP contribution in [0.1, 0.15) is 86.0 Å². The number of carbonyl (C=O) groups excluding carboxylic acids is 1. The molecule has 3 heterocycles. The Morgan fingerprint density at radius 1 is 0.891 bits per heavy atom. The average molecular weight is 714 g/mol. The Labute approximate surface area is 283 Å². The lowest BCUT2D eigenvalue weighted by atomic mass is 9.59. The zero-order chi connectivity index (χ0) is 32.6. The van der Waals surface area contributed by atoms with Gasteiger partial charge in [0.05, 0.1) is 53.8 Å². The van der Waals surface area contributed by atoms with Crippen molar-refractivity contribution in [1.82, 2.24) is 4.90 Å².